The van der Waals surface area contributed by atoms with Crippen LogP contribution in [0.3, 0.4) is 0 Å². The Bertz CT molecular complexity index is 396. The van der Waals surface area contributed by atoms with Crippen molar-refractivity contribution in [1.82, 2.24) is 10.3 Å². The molecule has 0 aliphatic carbocycles. The van der Waals surface area contributed by atoms with Crippen LogP contribution in [-0.4, -0.2) is 31.1 Å². The summed E-state index contributed by atoms with van der Waals surface area (Å²) in [6.45, 7) is 3.26. The lowest BCUT2D eigenvalue weighted by Gasteiger charge is -2.08. The third-order valence-corrected chi connectivity index (χ3v) is 2.31. The van der Waals surface area contributed by atoms with Gasteiger partial charge in [0.05, 0.1) is 12.8 Å². The standard InChI is InChI=1S/C12H20N4O2/c1-3-7-15-11(17)6-8-14-10-5-4-9(13)12(16-10)18-2/h4-5H,3,6-8,13H2,1-2H3,(H,14,16)(H,15,17). The molecule has 0 bridgehead atoms. The first kappa shape index (κ1) is 14.1. The number of methoxy groups -OCH3 is 1. The molecule has 0 atom stereocenters. The molecule has 1 heterocycles. The number of ether oxygens (including phenoxy) is 1. The monoisotopic (exact) mass is 252 g/mol. The molecule has 0 saturated carbocycles. The molecule has 6 nitrogen and oxygen atoms in total. The molecule has 1 aromatic heterocycles. The zero-order valence-corrected chi connectivity index (χ0v) is 10.8. The van der Waals surface area contributed by atoms with E-state index in [9.17, 15) is 4.79 Å². The van der Waals surface area contributed by atoms with Crippen molar-refractivity contribution in [2.24, 2.45) is 0 Å². The lowest BCUT2D eigenvalue weighted by molar-refractivity contribution is -0.120. The highest BCUT2D eigenvalue weighted by Gasteiger charge is 2.03. The van der Waals surface area contributed by atoms with Crippen LogP contribution >= 0.6 is 0 Å². The van der Waals surface area contributed by atoms with Crippen molar-refractivity contribution in [3.8, 4) is 5.88 Å². The normalized spacial score (nSPS) is 9.89. The summed E-state index contributed by atoms with van der Waals surface area (Å²) >= 11 is 0. The summed E-state index contributed by atoms with van der Waals surface area (Å²) in [6.07, 6.45) is 1.35. The third kappa shape index (κ3) is 4.48. The number of nitrogens with one attached hydrogen (secondary N) is 2. The van der Waals surface area contributed by atoms with E-state index >= 15 is 0 Å². The van der Waals surface area contributed by atoms with Crippen LogP contribution in [0.15, 0.2) is 12.1 Å². The number of rotatable bonds is 7. The largest absolute Gasteiger partial charge is 0.479 e. The number of hydrogen-bond donors (Lipinski definition) is 3. The van der Waals surface area contributed by atoms with E-state index in [0.29, 0.717) is 36.9 Å². The van der Waals surface area contributed by atoms with Gasteiger partial charge in [0.2, 0.25) is 11.8 Å². The number of pyridine rings is 1. The fourth-order valence-corrected chi connectivity index (χ4v) is 1.37. The quantitative estimate of drug-likeness (QED) is 0.673. The van der Waals surface area contributed by atoms with Gasteiger partial charge in [0.25, 0.3) is 0 Å². The van der Waals surface area contributed by atoms with E-state index in [0.717, 1.165) is 6.42 Å². The minimum Gasteiger partial charge on any atom is -0.479 e. The topological polar surface area (TPSA) is 89.3 Å². The second kappa shape index (κ2) is 7.37. The molecule has 1 rings (SSSR count). The van der Waals surface area contributed by atoms with Crippen LogP contribution in [0.1, 0.15) is 19.8 Å². The van der Waals surface area contributed by atoms with Crippen LogP contribution in [0, 0.1) is 0 Å². The molecule has 0 radical (unpaired) electrons. The fourth-order valence-electron chi connectivity index (χ4n) is 1.37. The summed E-state index contributed by atoms with van der Waals surface area (Å²) in [7, 11) is 1.51. The summed E-state index contributed by atoms with van der Waals surface area (Å²) in [5.74, 6) is 1.06. The number of aromatic nitrogens is 1. The number of carbonyl (C=O) groups is 1. The highest BCUT2D eigenvalue weighted by atomic mass is 16.5. The Labute approximate surface area is 107 Å². The van der Waals surface area contributed by atoms with Crippen LogP contribution in [0.4, 0.5) is 11.5 Å². The number of anilines is 2. The maximum atomic E-state index is 11.4. The predicted molar refractivity (Wildman–Crippen MR) is 71.6 cm³/mol. The average Bonchev–Trinajstić information content (AvgIpc) is 2.38. The van der Waals surface area contributed by atoms with Crippen molar-refractivity contribution in [2.45, 2.75) is 19.8 Å². The van der Waals surface area contributed by atoms with Gasteiger partial charge in [-0.05, 0) is 18.6 Å². The van der Waals surface area contributed by atoms with Gasteiger partial charge in [-0.25, -0.2) is 0 Å². The number of hydrogen-bond acceptors (Lipinski definition) is 5. The van der Waals surface area contributed by atoms with E-state index in [2.05, 4.69) is 15.6 Å². The van der Waals surface area contributed by atoms with E-state index in [1.54, 1.807) is 12.1 Å². The third-order valence-electron chi connectivity index (χ3n) is 2.31. The molecule has 100 valence electrons. The van der Waals surface area contributed by atoms with Gasteiger partial charge in [0.15, 0.2) is 0 Å². The van der Waals surface area contributed by atoms with E-state index in [-0.39, 0.29) is 5.91 Å². The molecule has 0 saturated heterocycles. The molecule has 1 amide bonds. The van der Waals surface area contributed by atoms with Crippen molar-refractivity contribution in [3.63, 3.8) is 0 Å². The van der Waals surface area contributed by atoms with Crippen molar-refractivity contribution in [1.29, 1.82) is 0 Å². The number of nitrogens with zero attached hydrogens (tertiary/aromatic N) is 1. The lowest BCUT2D eigenvalue weighted by atomic mass is 10.3. The zero-order valence-electron chi connectivity index (χ0n) is 10.8. The van der Waals surface area contributed by atoms with Crippen LogP contribution in [0.2, 0.25) is 0 Å². The van der Waals surface area contributed by atoms with E-state index < -0.39 is 0 Å². The summed E-state index contributed by atoms with van der Waals surface area (Å²) in [6, 6.07) is 3.47. The molecule has 0 unspecified atom stereocenters. The minimum absolute atomic E-state index is 0.0340. The van der Waals surface area contributed by atoms with Crippen molar-refractivity contribution in [2.75, 3.05) is 31.2 Å². The van der Waals surface area contributed by atoms with Crippen molar-refractivity contribution in [3.05, 3.63) is 12.1 Å². The van der Waals surface area contributed by atoms with Crippen LogP contribution < -0.4 is 21.1 Å². The molecule has 1 aromatic rings. The lowest BCUT2D eigenvalue weighted by Crippen LogP contribution is -2.25. The summed E-state index contributed by atoms with van der Waals surface area (Å²) in [5, 5.41) is 5.85. The first-order valence-electron chi connectivity index (χ1n) is 5.98. The second-order valence-electron chi connectivity index (χ2n) is 3.82. The van der Waals surface area contributed by atoms with Crippen molar-refractivity contribution < 1.29 is 9.53 Å². The summed E-state index contributed by atoms with van der Waals surface area (Å²) in [4.78, 5) is 15.5. The van der Waals surface area contributed by atoms with Crippen LogP contribution in [0.25, 0.3) is 0 Å². The Morgan fingerprint density at radius 3 is 2.89 bits per heavy atom. The molecule has 0 aliphatic heterocycles. The number of nitrogen functional groups attached to an aromatic ring is 1. The minimum atomic E-state index is 0.0340. The first-order chi connectivity index (χ1) is 8.67. The van der Waals surface area contributed by atoms with Gasteiger partial charge in [-0.3, -0.25) is 4.79 Å². The highest BCUT2D eigenvalue weighted by Crippen LogP contribution is 2.19. The molecule has 0 fully saturated rings. The van der Waals surface area contributed by atoms with E-state index in [1.165, 1.54) is 7.11 Å². The number of carbonyl (C=O) groups excluding carboxylic acids is 1. The maximum absolute atomic E-state index is 11.4. The van der Waals surface area contributed by atoms with Gasteiger partial charge in [-0.2, -0.15) is 4.98 Å². The first-order valence-corrected chi connectivity index (χ1v) is 5.98. The fraction of sp³-hybridized carbons (Fsp3) is 0.500. The molecule has 0 spiro atoms. The van der Waals surface area contributed by atoms with Gasteiger partial charge in [-0.15, -0.1) is 0 Å². The predicted octanol–water partition coefficient (Wildman–Crippen LogP) is 1.00. The number of nitrogens with two attached hydrogens (primary N) is 1. The smallest absolute Gasteiger partial charge is 0.238 e. The molecule has 0 aromatic carbocycles. The Morgan fingerprint density at radius 2 is 2.22 bits per heavy atom. The summed E-state index contributed by atoms with van der Waals surface area (Å²) < 4.78 is 5.01. The van der Waals surface area contributed by atoms with Crippen LogP contribution in [-0.2, 0) is 4.79 Å². The van der Waals surface area contributed by atoms with Gasteiger partial charge in [0, 0.05) is 19.5 Å². The number of amides is 1. The Kier molecular flexibility index (Phi) is 5.76. The van der Waals surface area contributed by atoms with Gasteiger partial charge in [-0.1, -0.05) is 6.92 Å². The second-order valence-corrected chi connectivity index (χ2v) is 3.82. The van der Waals surface area contributed by atoms with Gasteiger partial charge in [0.1, 0.15) is 5.82 Å². The van der Waals surface area contributed by atoms with E-state index in [4.69, 9.17) is 10.5 Å². The molecule has 0 aliphatic rings. The molecular formula is C12H20N4O2. The average molecular weight is 252 g/mol. The molecule has 6 heteroatoms. The molecule has 4 N–H and O–H groups in total. The Hall–Kier alpha value is -1.98. The Balaban J connectivity index is 2.37. The maximum Gasteiger partial charge on any atom is 0.238 e. The molecular weight excluding hydrogens is 232 g/mol. The van der Waals surface area contributed by atoms with E-state index in [1.807, 2.05) is 6.92 Å². The highest BCUT2D eigenvalue weighted by molar-refractivity contribution is 5.76. The van der Waals surface area contributed by atoms with Crippen molar-refractivity contribution >= 4 is 17.4 Å². The zero-order chi connectivity index (χ0) is 13.4. The van der Waals surface area contributed by atoms with Gasteiger partial charge < -0.3 is 21.1 Å². The van der Waals surface area contributed by atoms with Gasteiger partial charge >= 0.3 is 0 Å². The summed E-state index contributed by atoms with van der Waals surface area (Å²) in [5.41, 5.74) is 6.14. The SMILES string of the molecule is CCCNC(=O)CCNc1ccc(N)c(OC)n1. The Morgan fingerprint density at radius 1 is 1.44 bits per heavy atom. The molecule has 18 heavy (non-hydrogen) atoms. The van der Waals surface area contributed by atoms with Crippen LogP contribution in [0.5, 0.6) is 5.88 Å².